The van der Waals surface area contributed by atoms with E-state index in [4.69, 9.17) is 0 Å². The van der Waals surface area contributed by atoms with Crippen LogP contribution in [0.1, 0.15) is 13.3 Å². The highest BCUT2D eigenvalue weighted by Gasteiger charge is 2.07. The first-order valence-corrected chi connectivity index (χ1v) is 5.77. The lowest BCUT2D eigenvalue weighted by molar-refractivity contribution is 0.522. The average molecular weight is 200 g/mol. The van der Waals surface area contributed by atoms with E-state index in [0.29, 0.717) is 0 Å². The molecule has 0 saturated carbocycles. The van der Waals surface area contributed by atoms with Crippen LogP contribution in [0.25, 0.3) is 0 Å². The van der Waals surface area contributed by atoms with Crippen molar-refractivity contribution in [1.29, 1.82) is 0 Å². The zero-order chi connectivity index (χ0) is 9.07. The van der Waals surface area contributed by atoms with Crippen molar-refractivity contribution in [2.45, 2.75) is 18.6 Å². The molecular formula is C4H10NO4S2-. The predicted molar refractivity (Wildman–Crippen MR) is 41.0 cm³/mol. The minimum absolute atomic E-state index is 0.0505. The van der Waals surface area contributed by atoms with Crippen LogP contribution in [-0.4, -0.2) is 28.2 Å². The molecule has 11 heavy (non-hydrogen) atoms. The van der Waals surface area contributed by atoms with E-state index in [1.54, 1.807) is 0 Å². The fourth-order valence-corrected chi connectivity index (χ4v) is 1.57. The minimum atomic E-state index is -3.53. The van der Waals surface area contributed by atoms with Gasteiger partial charge in [-0.25, -0.2) is 13.6 Å². The first-order valence-electron chi connectivity index (χ1n) is 2.91. The Bertz CT molecular complexity index is 234. The van der Waals surface area contributed by atoms with E-state index in [0.717, 1.165) is 0 Å². The summed E-state index contributed by atoms with van der Waals surface area (Å²) in [7, 11) is -3.53. The van der Waals surface area contributed by atoms with Gasteiger partial charge in [0.2, 0.25) is 10.0 Å². The van der Waals surface area contributed by atoms with Gasteiger partial charge in [0.05, 0.1) is 5.75 Å². The van der Waals surface area contributed by atoms with Crippen LogP contribution < -0.4 is 5.14 Å². The van der Waals surface area contributed by atoms with Gasteiger partial charge in [0.25, 0.3) is 0 Å². The number of rotatable bonds is 4. The molecule has 0 rings (SSSR count). The molecule has 0 aromatic rings. The first kappa shape index (κ1) is 11.0. The van der Waals surface area contributed by atoms with Gasteiger partial charge in [-0.15, -0.1) is 0 Å². The smallest absolute Gasteiger partial charge is 0.209 e. The van der Waals surface area contributed by atoms with Crippen molar-refractivity contribution in [1.82, 2.24) is 0 Å². The molecule has 0 aliphatic carbocycles. The van der Waals surface area contributed by atoms with Gasteiger partial charge in [0.1, 0.15) is 0 Å². The topological polar surface area (TPSA) is 100 Å². The lowest BCUT2D eigenvalue weighted by atomic mass is 10.4. The molecular weight excluding hydrogens is 190 g/mol. The van der Waals surface area contributed by atoms with Crippen LogP contribution in [0, 0.1) is 0 Å². The Morgan fingerprint density at radius 1 is 1.64 bits per heavy atom. The van der Waals surface area contributed by atoms with E-state index in [2.05, 4.69) is 5.14 Å². The second kappa shape index (κ2) is 4.15. The molecule has 0 heterocycles. The van der Waals surface area contributed by atoms with Gasteiger partial charge in [0.15, 0.2) is 0 Å². The first-order chi connectivity index (χ1) is 4.83. The third-order valence-corrected chi connectivity index (χ3v) is 2.83. The van der Waals surface area contributed by atoms with E-state index in [1.807, 2.05) is 0 Å². The fourth-order valence-electron chi connectivity index (χ4n) is 0.426. The van der Waals surface area contributed by atoms with Gasteiger partial charge in [-0.05, 0) is 6.42 Å². The van der Waals surface area contributed by atoms with Crippen LogP contribution in [0.5, 0.6) is 0 Å². The van der Waals surface area contributed by atoms with E-state index >= 15 is 0 Å². The summed E-state index contributed by atoms with van der Waals surface area (Å²) in [5, 5.41) is 4.00. The summed E-state index contributed by atoms with van der Waals surface area (Å²) >= 11 is -2.22. The number of hydrogen-bond acceptors (Lipinski definition) is 4. The van der Waals surface area contributed by atoms with Crippen molar-refractivity contribution in [3.63, 3.8) is 0 Å². The molecule has 0 fully saturated rings. The monoisotopic (exact) mass is 200 g/mol. The number of sulfonamides is 1. The normalized spacial score (nSPS) is 17.7. The summed E-state index contributed by atoms with van der Waals surface area (Å²) in [5.41, 5.74) is 0. The Balaban J connectivity index is 3.82. The molecule has 2 N–H and O–H groups in total. The summed E-state index contributed by atoms with van der Waals surface area (Å²) in [5.74, 6) is -0.290. The lowest BCUT2D eigenvalue weighted by Crippen LogP contribution is -2.21. The molecule has 2 unspecified atom stereocenters. The van der Waals surface area contributed by atoms with Crippen molar-refractivity contribution in [3.05, 3.63) is 0 Å². The second-order valence-electron chi connectivity index (χ2n) is 2.23. The van der Waals surface area contributed by atoms with E-state index in [-0.39, 0.29) is 12.2 Å². The summed E-state index contributed by atoms with van der Waals surface area (Å²) in [6, 6.07) is 0. The molecule has 0 aliphatic rings. The summed E-state index contributed by atoms with van der Waals surface area (Å²) in [6.45, 7) is 1.42. The Kier molecular flexibility index (Phi) is 4.16. The summed E-state index contributed by atoms with van der Waals surface area (Å²) in [4.78, 5) is 0. The van der Waals surface area contributed by atoms with Gasteiger partial charge < -0.3 is 4.55 Å². The SMILES string of the molecule is CC(CCS(N)(=O)=O)S(=O)[O-]. The Hall–Kier alpha value is 0.0200. The Morgan fingerprint density at radius 2 is 2.09 bits per heavy atom. The van der Waals surface area contributed by atoms with Crippen LogP contribution in [0.2, 0.25) is 0 Å². The van der Waals surface area contributed by atoms with E-state index in [9.17, 15) is 17.2 Å². The molecule has 0 amide bonds. The average Bonchev–Trinajstić information content (AvgIpc) is 1.80. The molecule has 2 atom stereocenters. The maximum Gasteiger partial charge on any atom is 0.209 e. The van der Waals surface area contributed by atoms with Crippen LogP contribution in [0.4, 0.5) is 0 Å². The van der Waals surface area contributed by atoms with Gasteiger partial charge >= 0.3 is 0 Å². The summed E-state index contributed by atoms with van der Waals surface area (Å²) < 4.78 is 41.0. The van der Waals surface area contributed by atoms with Crippen molar-refractivity contribution >= 4 is 21.1 Å². The Morgan fingerprint density at radius 3 is 2.36 bits per heavy atom. The van der Waals surface area contributed by atoms with Crippen molar-refractivity contribution in [2.75, 3.05) is 5.75 Å². The van der Waals surface area contributed by atoms with Crippen LogP contribution in [-0.2, 0) is 21.1 Å². The highest BCUT2D eigenvalue weighted by atomic mass is 32.2. The van der Waals surface area contributed by atoms with Crippen molar-refractivity contribution < 1.29 is 17.2 Å². The van der Waals surface area contributed by atoms with Crippen LogP contribution in [0.15, 0.2) is 0 Å². The quantitative estimate of drug-likeness (QED) is 0.584. The van der Waals surface area contributed by atoms with E-state index < -0.39 is 26.4 Å². The van der Waals surface area contributed by atoms with Gasteiger partial charge in [-0.1, -0.05) is 18.0 Å². The molecule has 0 spiro atoms. The van der Waals surface area contributed by atoms with Crippen LogP contribution in [0.3, 0.4) is 0 Å². The minimum Gasteiger partial charge on any atom is -0.772 e. The standard InChI is InChI=1S/C4H11NO4S2/c1-4(10(6)7)2-3-11(5,8)9/h4H,2-3H2,1H3,(H,6,7)(H2,5,8,9)/p-1. The molecule has 68 valence electrons. The molecule has 7 heteroatoms. The Labute approximate surface area is 68.3 Å². The molecule has 0 aromatic carbocycles. The van der Waals surface area contributed by atoms with Crippen LogP contribution >= 0.6 is 0 Å². The molecule has 0 aliphatic heterocycles. The largest absolute Gasteiger partial charge is 0.772 e. The third kappa shape index (κ3) is 6.42. The number of nitrogens with two attached hydrogens (primary N) is 1. The molecule has 0 saturated heterocycles. The van der Waals surface area contributed by atoms with Crippen molar-refractivity contribution in [2.24, 2.45) is 5.14 Å². The van der Waals surface area contributed by atoms with Gasteiger partial charge in [-0.2, -0.15) is 0 Å². The maximum atomic E-state index is 10.3. The molecule has 5 nitrogen and oxygen atoms in total. The second-order valence-corrected chi connectivity index (χ2v) is 5.29. The zero-order valence-corrected chi connectivity index (χ0v) is 7.65. The highest BCUT2D eigenvalue weighted by molar-refractivity contribution is 7.89. The zero-order valence-electron chi connectivity index (χ0n) is 6.02. The third-order valence-electron chi connectivity index (χ3n) is 1.14. The highest BCUT2D eigenvalue weighted by Crippen LogP contribution is 1.99. The number of hydrogen-bond donors (Lipinski definition) is 1. The summed E-state index contributed by atoms with van der Waals surface area (Å²) in [6.07, 6.45) is 0.0505. The lowest BCUT2D eigenvalue weighted by Gasteiger charge is -2.12. The maximum absolute atomic E-state index is 10.3. The molecule has 0 radical (unpaired) electrons. The predicted octanol–water partition coefficient (Wildman–Crippen LogP) is -1.07. The number of primary sulfonamides is 1. The molecule has 0 aromatic heterocycles. The van der Waals surface area contributed by atoms with Crippen molar-refractivity contribution in [3.8, 4) is 0 Å². The van der Waals surface area contributed by atoms with E-state index in [1.165, 1.54) is 6.92 Å². The fraction of sp³-hybridized carbons (Fsp3) is 1.00. The molecule has 0 bridgehead atoms. The van der Waals surface area contributed by atoms with Gasteiger partial charge in [0, 0.05) is 5.25 Å². The van der Waals surface area contributed by atoms with Gasteiger partial charge in [-0.3, -0.25) is 4.21 Å².